The molecule has 128 valence electrons. The van der Waals surface area contributed by atoms with Crippen LogP contribution >= 0.6 is 0 Å². The number of nitrogens with two attached hydrogens (primary N) is 1. The molecule has 1 aromatic carbocycles. The zero-order valence-electron chi connectivity index (χ0n) is 14.3. The molecule has 4 rings (SSSR count). The maximum atomic E-state index is 11.1. The van der Waals surface area contributed by atoms with Crippen molar-refractivity contribution in [3.8, 4) is 0 Å². The standard InChI is InChI=1S/C19H25N3O2/c1-12-5-7-13(8-6-12)20-18-4-2-3-15-16-11-14(22(23)24)9-10-17(16)21-19(15)18/h9-13,18,20-21H,2-8H2,1H3/p+1/t12?,13?,18-/m1/s1. The fourth-order valence-corrected chi connectivity index (χ4v) is 4.60. The van der Waals surface area contributed by atoms with Gasteiger partial charge in [0.2, 0.25) is 0 Å². The molecule has 2 aromatic rings. The Balaban J connectivity index is 1.62. The minimum absolute atomic E-state index is 0.191. The van der Waals surface area contributed by atoms with E-state index in [0.717, 1.165) is 29.3 Å². The largest absolute Gasteiger partial charge is 0.353 e. The monoisotopic (exact) mass is 328 g/mol. The van der Waals surface area contributed by atoms with Crippen LogP contribution < -0.4 is 5.32 Å². The number of hydrogen-bond acceptors (Lipinski definition) is 2. The predicted molar refractivity (Wildman–Crippen MR) is 94.0 cm³/mol. The molecule has 2 aliphatic rings. The van der Waals surface area contributed by atoms with Gasteiger partial charge in [0.1, 0.15) is 6.04 Å². The Morgan fingerprint density at radius 1 is 1.21 bits per heavy atom. The molecule has 0 aliphatic heterocycles. The van der Waals surface area contributed by atoms with Gasteiger partial charge in [0.05, 0.1) is 16.7 Å². The van der Waals surface area contributed by atoms with E-state index in [1.807, 2.05) is 6.07 Å². The van der Waals surface area contributed by atoms with Gasteiger partial charge >= 0.3 is 0 Å². The lowest BCUT2D eigenvalue weighted by Crippen LogP contribution is -2.91. The lowest BCUT2D eigenvalue weighted by molar-refractivity contribution is -0.732. The van der Waals surface area contributed by atoms with E-state index in [2.05, 4.69) is 17.2 Å². The van der Waals surface area contributed by atoms with Crippen LogP contribution in [0.1, 0.15) is 62.7 Å². The summed E-state index contributed by atoms with van der Waals surface area (Å²) in [4.78, 5) is 14.4. The number of non-ortho nitro benzene ring substituents is 1. The molecule has 2 aliphatic carbocycles. The van der Waals surface area contributed by atoms with Crippen molar-refractivity contribution in [1.82, 2.24) is 4.98 Å². The van der Waals surface area contributed by atoms with E-state index < -0.39 is 0 Å². The summed E-state index contributed by atoms with van der Waals surface area (Å²) in [5, 5.41) is 14.7. The first-order valence-electron chi connectivity index (χ1n) is 9.25. The Morgan fingerprint density at radius 2 is 2.00 bits per heavy atom. The highest BCUT2D eigenvalue weighted by Gasteiger charge is 2.31. The van der Waals surface area contributed by atoms with Crippen LogP contribution in [0.4, 0.5) is 5.69 Å². The fraction of sp³-hybridized carbons (Fsp3) is 0.579. The molecule has 5 nitrogen and oxygen atoms in total. The van der Waals surface area contributed by atoms with Gasteiger partial charge in [-0.2, -0.15) is 0 Å². The molecule has 1 saturated carbocycles. The third kappa shape index (κ3) is 2.81. The molecule has 1 fully saturated rings. The van der Waals surface area contributed by atoms with Crippen molar-refractivity contribution in [3.05, 3.63) is 39.6 Å². The van der Waals surface area contributed by atoms with Crippen LogP contribution in [0.25, 0.3) is 10.9 Å². The van der Waals surface area contributed by atoms with Crippen molar-refractivity contribution in [2.45, 2.75) is 64.0 Å². The van der Waals surface area contributed by atoms with E-state index in [-0.39, 0.29) is 10.6 Å². The summed E-state index contributed by atoms with van der Waals surface area (Å²) in [5.41, 5.74) is 3.86. The van der Waals surface area contributed by atoms with E-state index in [0.29, 0.717) is 6.04 Å². The predicted octanol–water partition coefficient (Wildman–Crippen LogP) is 3.60. The smallest absolute Gasteiger partial charge is 0.270 e. The van der Waals surface area contributed by atoms with Gasteiger partial charge < -0.3 is 10.3 Å². The summed E-state index contributed by atoms with van der Waals surface area (Å²) in [5.74, 6) is 0.880. The van der Waals surface area contributed by atoms with Crippen molar-refractivity contribution < 1.29 is 10.2 Å². The molecule has 1 aromatic heterocycles. The number of fused-ring (bicyclic) bond motifs is 3. The van der Waals surface area contributed by atoms with Crippen LogP contribution in [0, 0.1) is 16.0 Å². The number of H-pyrrole nitrogens is 1. The second-order valence-electron chi connectivity index (χ2n) is 7.72. The Kier molecular flexibility index (Phi) is 4.04. The Morgan fingerprint density at radius 3 is 2.75 bits per heavy atom. The quantitative estimate of drug-likeness (QED) is 0.667. The molecule has 0 unspecified atom stereocenters. The van der Waals surface area contributed by atoms with Crippen LogP contribution in [0.3, 0.4) is 0 Å². The molecule has 3 N–H and O–H groups in total. The van der Waals surface area contributed by atoms with Crippen molar-refractivity contribution in [2.75, 3.05) is 0 Å². The molecule has 1 atom stereocenters. The number of rotatable bonds is 3. The van der Waals surface area contributed by atoms with Gasteiger partial charge in [-0.1, -0.05) is 6.92 Å². The van der Waals surface area contributed by atoms with Crippen LogP contribution in [0.5, 0.6) is 0 Å². The number of benzene rings is 1. The number of nitrogens with one attached hydrogen (secondary N) is 1. The molecular weight excluding hydrogens is 302 g/mol. The van der Waals surface area contributed by atoms with Gasteiger partial charge in [0.15, 0.2) is 0 Å². The van der Waals surface area contributed by atoms with Crippen LogP contribution in [0.15, 0.2) is 18.2 Å². The minimum Gasteiger partial charge on any atom is -0.353 e. The number of quaternary nitrogens is 1. The topological polar surface area (TPSA) is 75.5 Å². The third-order valence-corrected chi connectivity index (χ3v) is 6.01. The lowest BCUT2D eigenvalue weighted by atomic mass is 9.85. The maximum absolute atomic E-state index is 11.1. The SMILES string of the molecule is CC1CCC([NH2+][C@@H]2CCCc3c2[nH]c2ccc([N+](=O)[O-])cc32)CC1. The van der Waals surface area contributed by atoms with Crippen molar-refractivity contribution >= 4 is 16.6 Å². The van der Waals surface area contributed by atoms with Crippen molar-refractivity contribution in [1.29, 1.82) is 0 Å². The molecular formula is C19H26N3O2+. The van der Waals surface area contributed by atoms with E-state index in [4.69, 9.17) is 0 Å². The number of aromatic nitrogens is 1. The molecule has 1 heterocycles. The lowest BCUT2D eigenvalue weighted by Gasteiger charge is -2.29. The highest BCUT2D eigenvalue weighted by atomic mass is 16.6. The first kappa shape index (κ1) is 15.6. The number of aryl methyl sites for hydroxylation is 1. The van der Waals surface area contributed by atoms with Gasteiger partial charge in [0.25, 0.3) is 5.69 Å². The molecule has 5 heteroatoms. The summed E-state index contributed by atoms with van der Waals surface area (Å²) < 4.78 is 0. The fourth-order valence-electron chi connectivity index (χ4n) is 4.60. The normalized spacial score (nSPS) is 27.1. The second kappa shape index (κ2) is 6.20. The summed E-state index contributed by atoms with van der Waals surface area (Å²) >= 11 is 0. The van der Waals surface area contributed by atoms with E-state index in [9.17, 15) is 10.1 Å². The zero-order chi connectivity index (χ0) is 16.7. The van der Waals surface area contributed by atoms with E-state index >= 15 is 0 Å². The Hall–Kier alpha value is -1.88. The highest BCUT2D eigenvalue weighted by molar-refractivity contribution is 5.87. The number of nitro benzene ring substituents is 1. The average molecular weight is 328 g/mol. The van der Waals surface area contributed by atoms with Gasteiger partial charge in [-0.15, -0.1) is 0 Å². The van der Waals surface area contributed by atoms with Gasteiger partial charge in [-0.25, -0.2) is 0 Å². The molecule has 0 saturated heterocycles. The van der Waals surface area contributed by atoms with E-state index in [1.165, 1.54) is 49.8 Å². The molecule has 0 spiro atoms. The molecule has 0 bridgehead atoms. The second-order valence-corrected chi connectivity index (χ2v) is 7.72. The van der Waals surface area contributed by atoms with Crippen molar-refractivity contribution in [2.24, 2.45) is 5.92 Å². The summed E-state index contributed by atoms with van der Waals surface area (Å²) in [6.45, 7) is 2.36. The van der Waals surface area contributed by atoms with Crippen LogP contribution in [-0.4, -0.2) is 15.9 Å². The van der Waals surface area contributed by atoms with Gasteiger partial charge in [-0.05, 0) is 56.1 Å². The maximum Gasteiger partial charge on any atom is 0.270 e. The van der Waals surface area contributed by atoms with Crippen molar-refractivity contribution in [3.63, 3.8) is 0 Å². The number of aromatic amines is 1. The number of nitro groups is 1. The first-order chi connectivity index (χ1) is 11.6. The summed E-state index contributed by atoms with van der Waals surface area (Å²) in [6, 6.07) is 6.43. The zero-order valence-corrected chi connectivity index (χ0v) is 14.3. The molecule has 24 heavy (non-hydrogen) atoms. The van der Waals surface area contributed by atoms with E-state index in [1.54, 1.807) is 12.1 Å². The summed E-state index contributed by atoms with van der Waals surface area (Å²) in [6.07, 6.45) is 8.74. The molecule has 0 amide bonds. The van der Waals surface area contributed by atoms with Crippen LogP contribution in [0.2, 0.25) is 0 Å². The van der Waals surface area contributed by atoms with Crippen LogP contribution in [-0.2, 0) is 6.42 Å². The summed E-state index contributed by atoms with van der Waals surface area (Å²) in [7, 11) is 0. The molecule has 0 radical (unpaired) electrons. The minimum atomic E-state index is -0.297. The Labute approximate surface area is 142 Å². The highest BCUT2D eigenvalue weighted by Crippen LogP contribution is 2.35. The number of hydrogen-bond donors (Lipinski definition) is 2. The van der Waals surface area contributed by atoms with Gasteiger partial charge in [0, 0.05) is 29.5 Å². The van der Waals surface area contributed by atoms with Gasteiger partial charge in [-0.3, -0.25) is 10.1 Å². The third-order valence-electron chi connectivity index (χ3n) is 6.01. The Bertz CT molecular complexity index is 759. The number of nitrogens with zero attached hydrogens (tertiary/aromatic N) is 1. The first-order valence-corrected chi connectivity index (χ1v) is 9.25. The average Bonchev–Trinajstić information content (AvgIpc) is 2.96.